The zero-order valence-corrected chi connectivity index (χ0v) is 46.1. The summed E-state index contributed by atoms with van der Waals surface area (Å²) in [6, 6.07) is 0. The molecule has 0 heterocycles. The molecule has 2 atom stereocenters. The fourth-order valence-electron chi connectivity index (χ4n) is 7.02. The van der Waals surface area contributed by atoms with E-state index in [1.165, 1.54) is 38.5 Å². The van der Waals surface area contributed by atoms with E-state index in [-0.39, 0.29) is 26.1 Å². The van der Waals surface area contributed by atoms with E-state index in [9.17, 15) is 19.0 Å². The predicted molar refractivity (Wildman–Crippen MR) is 295 cm³/mol. The maximum Gasteiger partial charge on any atom is 0.306 e. The van der Waals surface area contributed by atoms with Gasteiger partial charge in [0.15, 0.2) is 6.10 Å². The third-order valence-electron chi connectivity index (χ3n) is 11.3. The second-order valence-electron chi connectivity index (χ2n) is 19.2. The number of phosphoric ester groups is 1. The van der Waals surface area contributed by atoms with E-state index in [1.807, 2.05) is 21.1 Å². The summed E-state index contributed by atoms with van der Waals surface area (Å²) in [6.07, 6.45) is 69.7. The highest BCUT2D eigenvalue weighted by Crippen LogP contribution is 2.38. The van der Waals surface area contributed by atoms with E-state index in [0.29, 0.717) is 23.9 Å². The lowest BCUT2D eigenvalue weighted by atomic mass is 10.1. The molecular weight excluding hydrogens is 894 g/mol. The molecule has 0 aromatic heterocycles. The van der Waals surface area contributed by atoms with Gasteiger partial charge in [-0.15, -0.1) is 0 Å². The van der Waals surface area contributed by atoms with Gasteiger partial charge in [-0.2, -0.15) is 0 Å². The summed E-state index contributed by atoms with van der Waals surface area (Å²) >= 11 is 0. The first-order chi connectivity index (χ1) is 34.0. The minimum atomic E-state index is -4.65. The number of quaternary nitrogens is 1. The quantitative estimate of drug-likeness (QED) is 0.0195. The number of hydrogen-bond donors (Lipinski definition) is 0. The van der Waals surface area contributed by atoms with Crippen molar-refractivity contribution in [2.75, 3.05) is 47.5 Å². The third kappa shape index (κ3) is 54.0. The first-order valence-electron chi connectivity index (χ1n) is 27.6. The molecule has 0 fully saturated rings. The average molecular weight is 996 g/mol. The number of ether oxygens (including phenoxy) is 2. The van der Waals surface area contributed by atoms with Crippen molar-refractivity contribution in [2.45, 2.75) is 213 Å². The number of carbonyl (C=O) groups excluding carboxylic acids is 2. The minimum Gasteiger partial charge on any atom is -0.756 e. The number of likely N-dealkylation sites (N-methyl/N-ethyl adjacent to an activating group) is 1. The molecule has 0 aliphatic rings. The number of allylic oxidation sites excluding steroid dienone is 18. The maximum absolute atomic E-state index is 12.8. The number of rotatable bonds is 49. The monoisotopic (exact) mass is 996 g/mol. The normalized spacial score (nSPS) is 14.2. The van der Waals surface area contributed by atoms with E-state index in [1.54, 1.807) is 0 Å². The molecule has 0 aliphatic heterocycles. The fraction of sp³-hybridized carbons (Fsp3) is 0.667. The van der Waals surface area contributed by atoms with Crippen LogP contribution in [0.3, 0.4) is 0 Å². The molecule has 0 N–H and O–H groups in total. The van der Waals surface area contributed by atoms with Crippen molar-refractivity contribution in [3.63, 3.8) is 0 Å². The van der Waals surface area contributed by atoms with Crippen LogP contribution >= 0.6 is 7.82 Å². The number of nitrogens with zero attached hydrogens (tertiary/aromatic N) is 1. The van der Waals surface area contributed by atoms with Gasteiger partial charge in [-0.3, -0.25) is 14.2 Å². The molecule has 400 valence electrons. The molecule has 0 radical (unpaired) electrons. The average Bonchev–Trinajstić information content (AvgIpc) is 3.32. The van der Waals surface area contributed by atoms with Gasteiger partial charge in [-0.05, 0) is 103 Å². The van der Waals surface area contributed by atoms with Gasteiger partial charge in [0.05, 0.1) is 27.7 Å². The number of carbonyl (C=O) groups is 2. The van der Waals surface area contributed by atoms with Crippen molar-refractivity contribution in [3.05, 3.63) is 109 Å². The SMILES string of the molecule is CC/C=C\C/C=C\C/C=C\C/C=C\C/C=C\C/C=C\CCCCCCCCC(=O)OC(COC(=O)CCCCCCCC/C=C\C/C=C\C/C=C\CCCCCCC)COP(=O)([O-])OCC[N+](C)(C)C. The molecular formula is C60H102NO8P. The zero-order chi connectivity index (χ0) is 51.3. The molecule has 2 unspecified atom stereocenters. The second kappa shape index (κ2) is 50.6. The predicted octanol–water partition coefficient (Wildman–Crippen LogP) is 16.4. The van der Waals surface area contributed by atoms with Gasteiger partial charge in [-0.25, -0.2) is 0 Å². The van der Waals surface area contributed by atoms with Gasteiger partial charge in [0, 0.05) is 12.8 Å². The summed E-state index contributed by atoms with van der Waals surface area (Å²) in [5, 5.41) is 0. The van der Waals surface area contributed by atoms with Crippen molar-refractivity contribution in [3.8, 4) is 0 Å². The number of unbranched alkanes of at least 4 members (excludes halogenated alkanes) is 17. The van der Waals surface area contributed by atoms with Crippen LogP contribution in [0.2, 0.25) is 0 Å². The van der Waals surface area contributed by atoms with Crippen molar-refractivity contribution < 1.29 is 42.1 Å². The highest BCUT2D eigenvalue weighted by molar-refractivity contribution is 7.45. The van der Waals surface area contributed by atoms with E-state index in [2.05, 4.69) is 123 Å². The molecule has 9 nitrogen and oxygen atoms in total. The zero-order valence-electron chi connectivity index (χ0n) is 45.2. The Morgan fingerprint density at radius 3 is 1.21 bits per heavy atom. The fourth-order valence-corrected chi connectivity index (χ4v) is 7.75. The Kier molecular flexibility index (Phi) is 48.2. The Labute approximate surface area is 429 Å². The Bertz CT molecular complexity index is 1550. The van der Waals surface area contributed by atoms with E-state index in [4.69, 9.17) is 18.5 Å². The molecule has 0 aliphatic carbocycles. The minimum absolute atomic E-state index is 0.0427. The molecule has 70 heavy (non-hydrogen) atoms. The van der Waals surface area contributed by atoms with Crippen molar-refractivity contribution in [1.82, 2.24) is 0 Å². The van der Waals surface area contributed by atoms with Gasteiger partial charge < -0.3 is 27.9 Å². The topological polar surface area (TPSA) is 111 Å². The van der Waals surface area contributed by atoms with Crippen LogP contribution in [0.25, 0.3) is 0 Å². The summed E-state index contributed by atoms with van der Waals surface area (Å²) in [6.45, 7) is 4.06. The largest absolute Gasteiger partial charge is 0.756 e. The van der Waals surface area contributed by atoms with Crippen LogP contribution in [-0.4, -0.2) is 70.0 Å². The molecule has 10 heteroatoms. The summed E-state index contributed by atoms with van der Waals surface area (Å²) in [5.74, 6) is -0.873. The van der Waals surface area contributed by atoms with Crippen LogP contribution in [0.1, 0.15) is 206 Å². The second-order valence-corrected chi connectivity index (χ2v) is 20.6. The van der Waals surface area contributed by atoms with Crippen molar-refractivity contribution in [1.29, 1.82) is 0 Å². The third-order valence-corrected chi connectivity index (χ3v) is 12.2. The molecule has 0 rings (SSSR count). The summed E-state index contributed by atoms with van der Waals surface area (Å²) in [7, 11) is 1.13. The van der Waals surface area contributed by atoms with Crippen LogP contribution in [0.5, 0.6) is 0 Å². The van der Waals surface area contributed by atoms with Crippen LogP contribution in [0, 0.1) is 0 Å². The Morgan fingerprint density at radius 1 is 0.457 bits per heavy atom. The molecule has 0 aromatic rings. The maximum atomic E-state index is 12.8. The first-order valence-corrected chi connectivity index (χ1v) is 29.1. The van der Waals surface area contributed by atoms with Crippen LogP contribution < -0.4 is 4.89 Å². The lowest BCUT2D eigenvalue weighted by molar-refractivity contribution is -0.870. The Hall–Kier alpha value is -3.33. The smallest absolute Gasteiger partial charge is 0.306 e. The molecule has 0 saturated carbocycles. The summed E-state index contributed by atoms with van der Waals surface area (Å²) in [4.78, 5) is 37.8. The Balaban J connectivity index is 4.31. The lowest BCUT2D eigenvalue weighted by Crippen LogP contribution is -2.37. The summed E-state index contributed by atoms with van der Waals surface area (Å²) < 4.78 is 34.1. The van der Waals surface area contributed by atoms with Crippen molar-refractivity contribution in [2.24, 2.45) is 0 Å². The molecule has 0 bridgehead atoms. The molecule has 0 amide bonds. The number of esters is 2. The first kappa shape index (κ1) is 66.7. The van der Waals surface area contributed by atoms with Gasteiger partial charge >= 0.3 is 11.9 Å². The highest BCUT2D eigenvalue weighted by Gasteiger charge is 2.21. The van der Waals surface area contributed by atoms with Gasteiger partial charge in [0.1, 0.15) is 19.8 Å². The van der Waals surface area contributed by atoms with Gasteiger partial charge in [0.25, 0.3) is 7.82 Å². The standard InChI is InChI=1S/C60H102NO8P/c1-6-8-10-12-14-16-18-20-22-24-26-28-29-30-31-33-35-37-39-41-43-45-47-49-51-53-60(63)69-58(57-68-70(64,65)67-55-54-61(3,4)5)56-66-59(62)52-50-48-46-44-42-40-38-36-34-32-27-25-23-21-19-17-15-13-11-9-7-2/h8,10,14,16,19-22,25-28,30-31,34-37,58H,6-7,9,11-13,15,17-18,23-24,29,32-33,38-57H2,1-5H3/b10-8-,16-14-,21-19-,22-20-,27-25-,28-26-,31-30-,36-34-,37-35-. The number of hydrogen-bond acceptors (Lipinski definition) is 8. The van der Waals surface area contributed by atoms with E-state index >= 15 is 0 Å². The van der Waals surface area contributed by atoms with Gasteiger partial charge in [-0.1, -0.05) is 200 Å². The van der Waals surface area contributed by atoms with Gasteiger partial charge in [0.2, 0.25) is 0 Å². The van der Waals surface area contributed by atoms with Crippen LogP contribution in [0.4, 0.5) is 0 Å². The van der Waals surface area contributed by atoms with Crippen molar-refractivity contribution >= 4 is 19.8 Å². The lowest BCUT2D eigenvalue weighted by Gasteiger charge is -2.28. The molecule has 0 saturated heterocycles. The Morgan fingerprint density at radius 2 is 0.814 bits per heavy atom. The van der Waals surface area contributed by atoms with Crippen LogP contribution in [0.15, 0.2) is 109 Å². The number of phosphoric acid groups is 1. The molecule has 0 spiro atoms. The van der Waals surface area contributed by atoms with E-state index in [0.717, 1.165) is 128 Å². The summed E-state index contributed by atoms with van der Waals surface area (Å²) in [5.41, 5.74) is 0. The highest BCUT2D eigenvalue weighted by atomic mass is 31.2. The van der Waals surface area contributed by atoms with E-state index < -0.39 is 32.5 Å². The molecule has 0 aromatic carbocycles. The van der Waals surface area contributed by atoms with Crippen LogP contribution in [-0.2, 0) is 32.7 Å².